The fourth-order valence-electron chi connectivity index (χ4n) is 3.36. The summed E-state index contributed by atoms with van der Waals surface area (Å²) in [5.74, 6) is 1.42. The third kappa shape index (κ3) is 6.69. The number of carbonyl (C=O) groups is 1. The quantitative estimate of drug-likeness (QED) is 0.180. The van der Waals surface area contributed by atoms with Crippen LogP contribution in [0.5, 0.6) is 17.2 Å². The van der Waals surface area contributed by atoms with Gasteiger partial charge in [-0.05, 0) is 72.3 Å². The molecular formula is C26H22BrN3O6S. The zero-order chi connectivity index (χ0) is 26.4. The molecular weight excluding hydrogens is 562 g/mol. The molecule has 0 atom stereocenters. The van der Waals surface area contributed by atoms with Crippen LogP contribution in [0.2, 0.25) is 0 Å². The number of hydrogen-bond donors (Lipinski definition) is 1. The van der Waals surface area contributed by atoms with Crippen molar-refractivity contribution in [3.05, 3.63) is 91.3 Å². The predicted octanol–water partition coefficient (Wildman–Crippen LogP) is 6.24. The Kier molecular flexibility index (Phi) is 8.47. The molecule has 1 heterocycles. The summed E-state index contributed by atoms with van der Waals surface area (Å²) < 4.78 is 17.5. The number of benzene rings is 3. The lowest BCUT2D eigenvalue weighted by Crippen LogP contribution is -2.19. The molecule has 1 saturated heterocycles. The molecule has 1 aliphatic rings. The molecule has 0 radical (unpaired) electrons. The first-order valence-corrected chi connectivity index (χ1v) is 12.7. The third-order valence-corrected chi connectivity index (χ3v) is 6.72. The molecule has 0 aliphatic carbocycles. The summed E-state index contributed by atoms with van der Waals surface area (Å²) in [6, 6.07) is 17.0. The largest absolute Gasteiger partial charge is 0.497 e. The predicted molar refractivity (Wildman–Crippen MR) is 147 cm³/mol. The Morgan fingerprint density at radius 2 is 1.86 bits per heavy atom. The van der Waals surface area contributed by atoms with Gasteiger partial charge < -0.3 is 19.5 Å². The van der Waals surface area contributed by atoms with Gasteiger partial charge >= 0.3 is 0 Å². The highest BCUT2D eigenvalue weighted by Gasteiger charge is 2.24. The highest BCUT2D eigenvalue weighted by Crippen LogP contribution is 2.37. The Balaban J connectivity index is 1.54. The SMILES string of the molecule is CCOc1cc(/C=C2/SC(=Nc3ccc(OC)cc3)NC2=O)c(Br)cc1OCc1cccc([N+](=O)[O-])c1. The lowest BCUT2D eigenvalue weighted by atomic mass is 10.1. The number of rotatable bonds is 9. The van der Waals surface area contributed by atoms with Gasteiger partial charge in [-0.3, -0.25) is 14.9 Å². The molecule has 0 spiro atoms. The van der Waals surface area contributed by atoms with E-state index >= 15 is 0 Å². The van der Waals surface area contributed by atoms with E-state index in [1.165, 1.54) is 23.9 Å². The van der Waals surface area contributed by atoms with Gasteiger partial charge in [0.05, 0.1) is 29.2 Å². The molecule has 0 bridgehead atoms. The van der Waals surface area contributed by atoms with Crippen LogP contribution in [0.25, 0.3) is 6.08 Å². The van der Waals surface area contributed by atoms with Gasteiger partial charge in [0.1, 0.15) is 12.4 Å². The van der Waals surface area contributed by atoms with Crippen LogP contribution in [0, 0.1) is 10.1 Å². The van der Waals surface area contributed by atoms with Crippen molar-refractivity contribution in [1.82, 2.24) is 5.32 Å². The minimum atomic E-state index is -0.446. The van der Waals surface area contributed by atoms with E-state index in [-0.39, 0.29) is 18.2 Å². The maximum absolute atomic E-state index is 12.6. The van der Waals surface area contributed by atoms with Crippen molar-refractivity contribution in [3.63, 3.8) is 0 Å². The first-order valence-electron chi connectivity index (χ1n) is 11.1. The number of thioether (sulfide) groups is 1. The van der Waals surface area contributed by atoms with Crippen LogP contribution in [-0.4, -0.2) is 29.7 Å². The monoisotopic (exact) mass is 583 g/mol. The average Bonchev–Trinajstić information content (AvgIpc) is 3.23. The molecule has 3 aromatic rings. The number of hydrogen-bond acceptors (Lipinski definition) is 8. The van der Waals surface area contributed by atoms with Gasteiger partial charge in [-0.2, -0.15) is 0 Å². The molecule has 1 amide bonds. The van der Waals surface area contributed by atoms with E-state index in [9.17, 15) is 14.9 Å². The molecule has 0 saturated carbocycles. The number of amides is 1. The molecule has 1 N–H and O–H groups in total. The highest BCUT2D eigenvalue weighted by molar-refractivity contribution is 9.10. The smallest absolute Gasteiger partial charge is 0.269 e. The minimum absolute atomic E-state index is 0.00322. The number of carbonyl (C=O) groups excluding carboxylic acids is 1. The maximum Gasteiger partial charge on any atom is 0.269 e. The molecule has 3 aromatic carbocycles. The fourth-order valence-corrected chi connectivity index (χ4v) is 4.63. The van der Waals surface area contributed by atoms with E-state index in [2.05, 4.69) is 26.2 Å². The number of nitro benzene ring substituents is 1. The van der Waals surface area contributed by atoms with Crippen LogP contribution in [0.1, 0.15) is 18.1 Å². The molecule has 0 aromatic heterocycles. The van der Waals surface area contributed by atoms with Gasteiger partial charge in [-0.1, -0.05) is 28.1 Å². The standard InChI is InChI=1S/C26H22BrN3O6S/c1-3-35-22-12-17(21(27)14-23(22)36-15-16-5-4-6-19(11-16)30(32)33)13-24-25(31)29-26(37-24)28-18-7-9-20(34-2)10-8-18/h4-14H,3,15H2,1-2H3,(H,28,29,31)/b24-13+. The van der Waals surface area contributed by atoms with Crippen LogP contribution < -0.4 is 19.5 Å². The van der Waals surface area contributed by atoms with Crippen molar-refractivity contribution in [2.45, 2.75) is 13.5 Å². The molecule has 4 rings (SSSR count). The number of ether oxygens (including phenoxy) is 3. The Morgan fingerprint density at radius 1 is 1.11 bits per heavy atom. The van der Waals surface area contributed by atoms with E-state index in [0.717, 1.165) is 11.3 Å². The molecule has 1 aliphatic heterocycles. The Hall–Kier alpha value is -3.83. The van der Waals surface area contributed by atoms with Gasteiger partial charge in [-0.15, -0.1) is 0 Å². The second-order valence-electron chi connectivity index (χ2n) is 7.65. The van der Waals surface area contributed by atoms with E-state index in [1.807, 2.05) is 6.92 Å². The second kappa shape index (κ2) is 11.9. The molecule has 9 nitrogen and oxygen atoms in total. The number of methoxy groups -OCH3 is 1. The van der Waals surface area contributed by atoms with Gasteiger partial charge in [0.2, 0.25) is 0 Å². The Bertz CT molecular complexity index is 1390. The number of amidine groups is 1. The molecule has 190 valence electrons. The molecule has 37 heavy (non-hydrogen) atoms. The number of halogens is 1. The average molecular weight is 584 g/mol. The van der Waals surface area contributed by atoms with Crippen molar-refractivity contribution >= 4 is 56.2 Å². The van der Waals surface area contributed by atoms with E-state index in [4.69, 9.17) is 14.2 Å². The number of nitrogens with one attached hydrogen (secondary N) is 1. The first kappa shape index (κ1) is 26.2. The molecule has 1 fully saturated rings. The summed E-state index contributed by atoms with van der Waals surface area (Å²) >= 11 is 4.78. The number of non-ortho nitro benzene ring substituents is 1. The van der Waals surface area contributed by atoms with E-state index in [0.29, 0.717) is 43.9 Å². The summed E-state index contributed by atoms with van der Waals surface area (Å²) in [5.41, 5.74) is 2.06. The van der Waals surface area contributed by atoms with Gasteiger partial charge in [-0.25, -0.2) is 4.99 Å². The topological polar surface area (TPSA) is 112 Å². The summed E-state index contributed by atoms with van der Waals surface area (Å²) in [6.07, 6.45) is 1.74. The van der Waals surface area contributed by atoms with Gasteiger partial charge in [0, 0.05) is 16.6 Å². The number of nitrogens with zero attached hydrogens (tertiary/aromatic N) is 2. The number of nitro groups is 1. The Morgan fingerprint density at radius 3 is 2.57 bits per heavy atom. The van der Waals surface area contributed by atoms with Crippen molar-refractivity contribution in [2.75, 3.05) is 13.7 Å². The van der Waals surface area contributed by atoms with Crippen LogP contribution in [0.4, 0.5) is 11.4 Å². The van der Waals surface area contributed by atoms with Gasteiger partial charge in [0.15, 0.2) is 16.7 Å². The molecule has 0 unspecified atom stereocenters. The molecule has 11 heteroatoms. The summed E-state index contributed by atoms with van der Waals surface area (Å²) in [5, 5.41) is 14.3. The van der Waals surface area contributed by atoms with Crippen molar-refractivity contribution in [2.24, 2.45) is 4.99 Å². The van der Waals surface area contributed by atoms with Crippen LogP contribution in [-0.2, 0) is 11.4 Å². The lowest BCUT2D eigenvalue weighted by Gasteiger charge is -2.14. The lowest BCUT2D eigenvalue weighted by molar-refractivity contribution is -0.384. The van der Waals surface area contributed by atoms with Gasteiger partial charge in [0.25, 0.3) is 11.6 Å². The van der Waals surface area contributed by atoms with Crippen molar-refractivity contribution in [3.8, 4) is 17.2 Å². The van der Waals surface area contributed by atoms with Crippen LogP contribution in [0.3, 0.4) is 0 Å². The summed E-state index contributed by atoms with van der Waals surface area (Å²) in [7, 11) is 1.59. The maximum atomic E-state index is 12.6. The fraction of sp³-hybridized carbons (Fsp3) is 0.154. The number of aliphatic imine (C=N–C) groups is 1. The highest BCUT2D eigenvalue weighted by atomic mass is 79.9. The van der Waals surface area contributed by atoms with Crippen molar-refractivity contribution in [1.29, 1.82) is 0 Å². The van der Waals surface area contributed by atoms with Crippen LogP contribution in [0.15, 0.2) is 75.0 Å². The van der Waals surface area contributed by atoms with Crippen molar-refractivity contribution < 1.29 is 23.9 Å². The van der Waals surface area contributed by atoms with E-state index < -0.39 is 4.92 Å². The zero-order valence-corrected chi connectivity index (χ0v) is 22.3. The van der Waals surface area contributed by atoms with E-state index in [1.54, 1.807) is 61.7 Å². The Labute approximate surface area is 225 Å². The second-order valence-corrected chi connectivity index (χ2v) is 9.53. The minimum Gasteiger partial charge on any atom is -0.497 e. The summed E-state index contributed by atoms with van der Waals surface area (Å²) in [4.78, 5) is 28.1. The normalized spacial score (nSPS) is 15.1. The third-order valence-electron chi connectivity index (χ3n) is 5.12. The first-order chi connectivity index (χ1) is 17.9. The van der Waals surface area contributed by atoms with Crippen LogP contribution >= 0.6 is 27.7 Å². The summed E-state index contributed by atoms with van der Waals surface area (Å²) in [6.45, 7) is 2.38. The zero-order valence-electron chi connectivity index (χ0n) is 19.9.